The van der Waals surface area contributed by atoms with Crippen molar-refractivity contribution in [2.75, 3.05) is 13.1 Å². The Kier molecular flexibility index (Phi) is 3.04. The topological polar surface area (TPSA) is 12.0 Å². The van der Waals surface area contributed by atoms with Crippen molar-refractivity contribution in [3.05, 3.63) is 34.6 Å². The van der Waals surface area contributed by atoms with Crippen molar-refractivity contribution in [1.29, 1.82) is 0 Å². The Morgan fingerprint density at radius 2 is 2.21 bits per heavy atom. The number of benzene rings is 1. The Balaban J connectivity index is 2.00. The first kappa shape index (κ1) is 9.94. The Labute approximate surface area is 88.3 Å². The molecule has 14 heavy (non-hydrogen) atoms. The first-order valence-electron chi connectivity index (χ1n) is 4.91. The Morgan fingerprint density at radius 3 is 2.79 bits per heavy atom. The highest BCUT2D eigenvalue weighted by atomic mass is 35.5. The fourth-order valence-corrected chi connectivity index (χ4v) is 1.93. The van der Waals surface area contributed by atoms with Crippen LogP contribution in [0.5, 0.6) is 0 Å². The molecule has 0 bridgehead atoms. The summed E-state index contributed by atoms with van der Waals surface area (Å²) in [5, 5.41) is 3.75. The molecule has 1 aromatic rings. The van der Waals surface area contributed by atoms with Gasteiger partial charge in [-0.15, -0.1) is 0 Å². The van der Waals surface area contributed by atoms with E-state index in [1.54, 1.807) is 12.1 Å². The molecule has 0 saturated carbocycles. The van der Waals surface area contributed by atoms with E-state index < -0.39 is 0 Å². The lowest BCUT2D eigenvalue weighted by Crippen LogP contribution is -2.42. The molecule has 1 N–H and O–H groups in total. The zero-order valence-corrected chi connectivity index (χ0v) is 8.65. The number of rotatable bonds is 3. The minimum Gasteiger partial charge on any atom is -0.316 e. The fraction of sp³-hybridized carbons (Fsp3) is 0.455. The lowest BCUT2D eigenvalue weighted by molar-refractivity contribution is 0.326. The standard InChI is InChI=1S/C11H13ClFN/c12-10-2-1-3-11(13)9(10)5-4-8-6-14-7-8/h1-3,8,14H,4-7H2. The molecular formula is C11H13ClFN. The van der Waals surface area contributed by atoms with Gasteiger partial charge >= 0.3 is 0 Å². The minimum atomic E-state index is -0.176. The van der Waals surface area contributed by atoms with Gasteiger partial charge in [-0.3, -0.25) is 0 Å². The van der Waals surface area contributed by atoms with E-state index in [-0.39, 0.29) is 5.82 Å². The average molecular weight is 214 g/mol. The van der Waals surface area contributed by atoms with Crippen LogP contribution < -0.4 is 5.32 Å². The van der Waals surface area contributed by atoms with Gasteiger partial charge in [-0.2, -0.15) is 0 Å². The van der Waals surface area contributed by atoms with E-state index in [1.165, 1.54) is 6.07 Å². The van der Waals surface area contributed by atoms with Gasteiger partial charge in [0, 0.05) is 10.6 Å². The van der Waals surface area contributed by atoms with E-state index in [9.17, 15) is 4.39 Å². The molecule has 0 amide bonds. The Hall–Kier alpha value is -0.600. The lowest BCUT2D eigenvalue weighted by Gasteiger charge is -2.27. The van der Waals surface area contributed by atoms with Crippen LogP contribution in [0.25, 0.3) is 0 Å². The van der Waals surface area contributed by atoms with Gasteiger partial charge in [0.15, 0.2) is 0 Å². The Bertz CT molecular complexity index is 303. The van der Waals surface area contributed by atoms with Gasteiger partial charge < -0.3 is 5.32 Å². The van der Waals surface area contributed by atoms with E-state index in [0.29, 0.717) is 16.5 Å². The summed E-state index contributed by atoms with van der Waals surface area (Å²) in [6, 6.07) is 4.87. The quantitative estimate of drug-likeness (QED) is 0.814. The highest BCUT2D eigenvalue weighted by molar-refractivity contribution is 6.31. The van der Waals surface area contributed by atoms with Crippen LogP contribution in [0.3, 0.4) is 0 Å². The Morgan fingerprint density at radius 1 is 1.43 bits per heavy atom. The van der Waals surface area contributed by atoms with Gasteiger partial charge in [0.05, 0.1) is 0 Å². The monoisotopic (exact) mass is 213 g/mol. The molecule has 1 nitrogen and oxygen atoms in total. The van der Waals surface area contributed by atoms with Gasteiger partial charge in [0.2, 0.25) is 0 Å². The highest BCUT2D eigenvalue weighted by Crippen LogP contribution is 2.22. The third kappa shape index (κ3) is 2.07. The number of hydrogen-bond donors (Lipinski definition) is 1. The van der Waals surface area contributed by atoms with Gasteiger partial charge in [0.1, 0.15) is 5.82 Å². The summed E-state index contributed by atoms with van der Waals surface area (Å²) in [5.41, 5.74) is 0.668. The van der Waals surface area contributed by atoms with Crippen LogP contribution in [0.1, 0.15) is 12.0 Å². The molecule has 0 unspecified atom stereocenters. The predicted octanol–water partition coefficient (Wildman–Crippen LogP) is 2.63. The lowest BCUT2D eigenvalue weighted by atomic mass is 9.94. The van der Waals surface area contributed by atoms with Crippen LogP contribution in [0.2, 0.25) is 5.02 Å². The molecule has 1 heterocycles. The molecule has 0 spiro atoms. The van der Waals surface area contributed by atoms with Gasteiger partial charge in [0.25, 0.3) is 0 Å². The number of nitrogens with one attached hydrogen (secondary N) is 1. The zero-order valence-electron chi connectivity index (χ0n) is 7.89. The summed E-state index contributed by atoms with van der Waals surface area (Å²) >= 11 is 5.92. The molecule has 0 aliphatic carbocycles. The molecule has 1 saturated heterocycles. The first-order chi connectivity index (χ1) is 6.77. The SMILES string of the molecule is Fc1cccc(Cl)c1CCC1CNC1. The van der Waals surface area contributed by atoms with Crippen molar-refractivity contribution in [2.45, 2.75) is 12.8 Å². The van der Waals surface area contributed by atoms with Crippen molar-refractivity contribution < 1.29 is 4.39 Å². The molecular weight excluding hydrogens is 201 g/mol. The predicted molar refractivity (Wildman–Crippen MR) is 56.1 cm³/mol. The van der Waals surface area contributed by atoms with Crippen LogP contribution >= 0.6 is 11.6 Å². The van der Waals surface area contributed by atoms with Crippen molar-refractivity contribution in [2.24, 2.45) is 5.92 Å². The molecule has 1 aromatic carbocycles. The smallest absolute Gasteiger partial charge is 0.127 e. The molecule has 0 radical (unpaired) electrons. The van der Waals surface area contributed by atoms with Gasteiger partial charge in [-0.05, 0) is 44.0 Å². The van der Waals surface area contributed by atoms with Crippen molar-refractivity contribution >= 4 is 11.6 Å². The molecule has 1 aliphatic heterocycles. The van der Waals surface area contributed by atoms with Crippen LogP contribution in [-0.2, 0) is 6.42 Å². The molecule has 0 atom stereocenters. The second-order valence-electron chi connectivity index (χ2n) is 3.76. The van der Waals surface area contributed by atoms with Crippen LogP contribution in [0.4, 0.5) is 4.39 Å². The van der Waals surface area contributed by atoms with Crippen molar-refractivity contribution in [3.8, 4) is 0 Å². The third-order valence-corrected chi connectivity index (χ3v) is 3.08. The molecule has 76 valence electrons. The van der Waals surface area contributed by atoms with E-state index in [4.69, 9.17) is 11.6 Å². The highest BCUT2D eigenvalue weighted by Gasteiger charge is 2.17. The van der Waals surface area contributed by atoms with Crippen LogP contribution in [0.15, 0.2) is 18.2 Å². The number of hydrogen-bond acceptors (Lipinski definition) is 1. The summed E-state index contributed by atoms with van der Waals surface area (Å²) in [7, 11) is 0. The van der Waals surface area contributed by atoms with Crippen molar-refractivity contribution in [3.63, 3.8) is 0 Å². The second kappa shape index (κ2) is 4.28. The molecule has 1 aliphatic rings. The van der Waals surface area contributed by atoms with E-state index in [1.807, 2.05) is 0 Å². The van der Waals surface area contributed by atoms with Crippen LogP contribution in [-0.4, -0.2) is 13.1 Å². The zero-order chi connectivity index (χ0) is 9.97. The molecule has 3 heteroatoms. The molecule has 1 fully saturated rings. The van der Waals surface area contributed by atoms with E-state index in [2.05, 4.69) is 5.32 Å². The molecule has 0 aromatic heterocycles. The summed E-state index contributed by atoms with van der Waals surface area (Å²) in [4.78, 5) is 0. The summed E-state index contributed by atoms with van der Waals surface area (Å²) in [5.74, 6) is 0.524. The average Bonchev–Trinajstić information content (AvgIpc) is 2.07. The second-order valence-corrected chi connectivity index (χ2v) is 4.17. The van der Waals surface area contributed by atoms with E-state index in [0.717, 1.165) is 25.9 Å². The maximum Gasteiger partial charge on any atom is 0.127 e. The summed E-state index contributed by atoms with van der Waals surface area (Å²) in [6.07, 6.45) is 1.77. The fourth-order valence-electron chi connectivity index (χ4n) is 1.67. The maximum absolute atomic E-state index is 13.3. The van der Waals surface area contributed by atoms with E-state index >= 15 is 0 Å². The normalized spacial score (nSPS) is 16.7. The summed E-state index contributed by atoms with van der Waals surface area (Å²) in [6.45, 7) is 2.12. The summed E-state index contributed by atoms with van der Waals surface area (Å²) < 4.78 is 13.3. The van der Waals surface area contributed by atoms with Crippen LogP contribution in [0, 0.1) is 11.7 Å². The molecule has 2 rings (SSSR count). The third-order valence-electron chi connectivity index (χ3n) is 2.73. The van der Waals surface area contributed by atoms with Crippen molar-refractivity contribution in [1.82, 2.24) is 5.32 Å². The first-order valence-corrected chi connectivity index (χ1v) is 5.29. The largest absolute Gasteiger partial charge is 0.316 e. The van der Waals surface area contributed by atoms with Gasteiger partial charge in [-0.25, -0.2) is 4.39 Å². The minimum absolute atomic E-state index is 0.176. The maximum atomic E-state index is 13.3. The number of halogens is 2. The van der Waals surface area contributed by atoms with Gasteiger partial charge in [-0.1, -0.05) is 17.7 Å².